The van der Waals surface area contributed by atoms with Gasteiger partial charge in [-0.1, -0.05) is 12.1 Å². The van der Waals surface area contributed by atoms with Crippen molar-refractivity contribution < 1.29 is 23.8 Å². The number of hydrogen-bond donors (Lipinski definition) is 1. The van der Waals surface area contributed by atoms with Gasteiger partial charge in [-0.05, 0) is 30.2 Å². The van der Waals surface area contributed by atoms with Gasteiger partial charge in [-0.15, -0.1) is 0 Å². The molecule has 154 valence electrons. The van der Waals surface area contributed by atoms with Crippen molar-refractivity contribution in [3.63, 3.8) is 0 Å². The van der Waals surface area contributed by atoms with Crippen molar-refractivity contribution in [2.45, 2.75) is 26.3 Å². The molecule has 2 amide bonds. The second kappa shape index (κ2) is 9.32. The van der Waals surface area contributed by atoms with Crippen LogP contribution in [0, 0.1) is 0 Å². The molecule has 3 rings (SSSR count). The van der Waals surface area contributed by atoms with Crippen LogP contribution in [-0.4, -0.2) is 44.1 Å². The van der Waals surface area contributed by atoms with Crippen molar-refractivity contribution in [2.24, 2.45) is 0 Å². The highest BCUT2D eigenvalue weighted by Gasteiger charge is 2.18. The molecule has 0 radical (unpaired) electrons. The molecular weight excluding hydrogens is 372 g/mol. The number of rotatable bonds is 6. The maximum Gasteiger partial charge on any atom is 0.224 e. The van der Waals surface area contributed by atoms with Crippen LogP contribution in [0.5, 0.6) is 17.2 Å². The molecule has 0 unspecified atom stereocenters. The molecule has 2 aromatic carbocycles. The number of aryl methyl sites for hydroxylation is 1. The van der Waals surface area contributed by atoms with E-state index < -0.39 is 0 Å². The van der Waals surface area contributed by atoms with Gasteiger partial charge in [0.05, 0.1) is 26.5 Å². The SMILES string of the molecule is COc1ccc(OC)c(NC(=O)CCc2ccc3c(c2)CN(C(C)=O)CCO3)c1. The highest BCUT2D eigenvalue weighted by atomic mass is 16.5. The standard InChI is InChI=1S/C22H26N2O5/c1-15(25)24-10-11-29-20-7-4-16(12-17(20)14-24)5-9-22(26)23-19-13-18(27-2)6-8-21(19)28-3/h4,6-8,12-13H,5,9-11,14H2,1-3H3,(H,23,26). The summed E-state index contributed by atoms with van der Waals surface area (Å²) in [4.78, 5) is 25.9. The Balaban J connectivity index is 1.65. The Morgan fingerprint density at radius 3 is 2.69 bits per heavy atom. The van der Waals surface area contributed by atoms with E-state index in [9.17, 15) is 9.59 Å². The minimum absolute atomic E-state index is 0.0264. The summed E-state index contributed by atoms with van der Waals surface area (Å²) in [6, 6.07) is 11.1. The summed E-state index contributed by atoms with van der Waals surface area (Å²) in [6.45, 7) is 3.14. The zero-order valence-corrected chi connectivity index (χ0v) is 17.0. The van der Waals surface area contributed by atoms with Crippen LogP contribution in [0.1, 0.15) is 24.5 Å². The summed E-state index contributed by atoms with van der Waals surface area (Å²) in [5.74, 6) is 1.92. The van der Waals surface area contributed by atoms with Gasteiger partial charge < -0.3 is 24.4 Å². The first-order valence-corrected chi connectivity index (χ1v) is 9.52. The Kier molecular flexibility index (Phi) is 6.59. The van der Waals surface area contributed by atoms with Gasteiger partial charge in [0.1, 0.15) is 23.9 Å². The van der Waals surface area contributed by atoms with Crippen LogP contribution in [-0.2, 0) is 22.6 Å². The van der Waals surface area contributed by atoms with Gasteiger partial charge in [-0.3, -0.25) is 9.59 Å². The molecule has 2 aromatic rings. The molecule has 1 aliphatic heterocycles. The summed E-state index contributed by atoms with van der Waals surface area (Å²) in [7, 11) is 3.13. The van der Waals surface area contributed by atoms with E-state index >= 15 is 0 Å². The molecule has 1 heterocycles. The number of nitrogens with one attached hydrogen (secondary N) is 1. The number of hydrogen-bond acceptors (Lipinski definition) is 5. The summed E-state index contributed by atoms with van der Waals surface area (Å²) in [5.41, 5.74) is 2.56. The zero-order valence-electron chi connectivity index (χ0n) is 17.0. The Bertz CT molecular complexity index is 897. The minimum atomic E-state index is -0.117. The van der Waals surface area contributed by atoms with E-state index in [4.69, 9.17) is 14.2 Å². The highest BCUT2D eigenvalue weighted by molar-refractivity contribution is 5.92. The molecule has 1 aliphatic rings. The Morgan fingerprint density at radius 2 is 1.97 bits per heavy atom. The van der Waals surface area contributed by atoms with Gasteiger partial charge in [0.2, 0.25) is 11.8 Å². The third-order valence-corrected chi connectivity index (χ3v) is 4.87. The molecule has 0 spiro atoms. The topological polar surface area (TPSA) is 77.1 Å². The van der Waals surface area contributed by atoms with Gasteiger partial charge in [0.25, 0.3) is 0 Å². The van der Waals surface area contributed by atoms with Crippen molar-refractivity contribution in [2.75, 3.05) is 32.7 Å². The van der Waals surface area contributed by atoms with Crippen LogP contribution in [0.2, 0.25) is 0 Å². The number of carbonyl (C=O) groups is 2. The van der Waals surface area contributed by atoms with Gasteiger partial charge in [0, 0.05) is 31.5 Å². The number of anilines is 1. The Morgan fingerprint density at radius 1 is 1.14 bits per heavy atom. The largest absolute Gasteiger partial charge is 0.497 e. The van der Waals surface area contributed by atoms with Crippen LogP contribution in [0.15, 0.2) is 36.4 Å². The van der Waals surface area contributed by atoms with E-state index in [1.165, 1.54) is 0 Å². The third-order valence-electron chi connectivity index (χ3n) is 4.87. The van der Waals surface area contributed by atoms with E-state index in [1.807, 2.05) is 18.2 Å². The number of fused-ring (bicyclic) bond motifs is 1. The monoisotopic (exact) mass is 398 g/mol. The first-order chi connectivity index (χ1) is 14.0. The van der Waals surface area contributed by atoms with Gasteiger partial charge in [-0.25, -0.2) is 0 Å². The fourth-order valence-corrected chi connectivity index (χ4v) is 3.25. The minimum Gasteiger partial charge on any atom is -0.497 e. The maximum absolute atomic E-state index is 12.5. The molecule has 7 nitrogen and oxygen atoms in total. The average molecular weight is 398 g/mol. The molecule has 0 fully saturated rings. The second-order valence-corrected chi connectivity index (χ2v) is 6.85. The number of benzene rings is 2. The fraction of sp³-hybridized carbons (Fsp3) is 0.364. The lowest BCUT2D eigenvalue weighted by Crippen LogP contribution is -2.30. The zero-order chi connectivity index (χ0) is 20.8. The first-order valence-electron chi connectivity index (χ1n) is 9.52. The smallest absolute Gasteiger partial charge is 0.224 e. The van der Waals surface area contributed by atoms with Crippen molar-refractivity contribution in [3.8, 4) is 17.2 Å². The average Bonchev–Trinajstić information content (AvgIpc) is 2.94. The third kappa shape index (κ3) is 5.19. The predicted molar refractivity (Wildman–Crippen MR) is 110 cm³/mol. The molecule has 0 bridgehead atoms. The van der Waals surface area contributed by atoms with Crippen LogP contribution in [0.3, 0.4) is 0 Å². The number of methoxy groups -OCH3 is 2. The number of ether oxygens (including phenoxy) is 3. The van der Waals surface area contributed by atoms with E-state index in [2.05, 4.69) is 5.32 Å². The summed E-state index contributed by atoms with van der Waals surface area (Å²) >= 11 is 0. The van der Waals surface area contributed by atoms with Crippen molar-refractivity contribution in [1.82, 2.24) is 4.90 Å². The Labute approximate surface area is 170 Å². The van der Waals surface area contributed by atoms with E-state index in [0.29, 0.717) is 49.7 Å². The van der Waals surface area contributed by atoms with E-state index in [0.717, 1.165) is 16.9 Å². The van der Waals surface area contributed by atoms with E-state index in [1.54, 1.807) is 44.2 Å². The second-order valence-electron chi connectivity index (χ2n) is 6.85. The van der Waals surface area contributed by atoms with Crippen molar-refractivity contribution in [1.29, 1.82) is 0 Å². The molecule has 1 N–H and O–H groups in total. The number of amides is 2. The van der Waals surface area contributed by atoms with Crippen molar-refractivity contribution in [3.05, 3.63) is 47.5 Å². The number of nitrogens with zero attached hydrogens (tertiary/aromatic N) is 1. The van der Waals surface area contributed by atoms with Crippen LogP contribution < -0.4 is 19.5 Å². The lowest BCUT2D eigenvalue weighted by atomic mass is 10.0. The lowest BCUT2D eigenvalue weighted by Gasteiger charge is -2.17. The van der Waals surface area contributed by atoms with Crippen LogP contribution in [0.25, 0.3) is 0 Å². The molecule has 0 aliphatic carbocycles. The van der Waals surface area contributed by atoms with E-state index in [-0.39, 0.29) is 11.8 Å². The normalized spacial score (nSPS) is 13.0. The molecule has 0 saturated heterocycles. The van der Waals surface area contributed by atoms with Crippen LogP contribution in [0.4, 0.5) is 5.69 Å². The number of carbonyl (C=O) groups excluding carboxylic acids is 2. The van der Waals surface area contributed by atoms with Gasteiger partial charge >= 0.3 is 0 Å². The quantitative estimate of drug-likeness (QED) is 0.809. The first kappa shape index (κ1) is 20.5. The highest BCUT2D eigenvalue weighted by Crippen LogP contribution is 2.29. The van der Waals surface area contributed by atoms with Gasteiger partial charge in [-0.2, -0.15) is 0 Å². The van der Waals surface area contributed by atoms with Crippen LogP contribution >= 0.6 is 0 Å². The lowest BCUT2D eigenvalue weighted by molar-refractivity contribution is -0.129. The molecule has 7 heteroatoms. The van der Waals surface area contributed by atoms with Gasteiger partial charge in [0.15, 0.2) is 0 Å². The molecule has 0 aromatic heterocycles. The summed E-state index contributed by atoms with van der Waals surface area (Å²) < 4.78 is 16.2. The van der Waals surface area contributed by atoms with Crippen molar-refractivity contribution >= 4 is 17.5 Å². The Hall–Kier alpha value is -3.22. The maximum atomic E-state index is 12.5. The fourth-order valence-electron chi connectivity index (χ4n) is 3.25. The molecule has 0 atom stereocenters. The summed E-state index contributed by atoms with van der Waals surface area (Å²) in [5, 5.41) is 2.88. The summed E-state index contributed by atoms with van der Waals surface area (Å²) in [6.07, 6.45) is 0.891. The molecule has 29 heavy (non-hydrogen) atoms. The molecule has 0 saturated carbocycles. The molecular formula is C22H26N2O5. The predicted octanol–water partition coefficient (Wildman–Crippen LogP) is 3.02.